The highest BCUT2D eigenvalue weighted by Crippen LogP contribution is 2.24. The fourth-order valence-corrected chi connectivity index (χ4v) is 3.67. The third-order valence-corrected chi connectivity index (χ3v) is 5.18. The molecule has 2 aromatic heterocycles. The van der Waals surface area contributed by atoms with Gasteiger partial charge in [-0.3, -0.25) is 9.89 Å². The van der Waals surface area contributed by atoms with E-state index >= 15 is 0 Å². The lowest BCUT2D eigenvalue weighted by Crippen LogP contribution is -2.37. The first kappa shape index (κ1) is 16.6. The fourth-order valence-electron chi connectivity index (χ4n) is 3.67. The molecule has 1 aliphatic rings. The van der Waals surface area contributed by atoms with E-state index in [0.29, 0.717) is 5.56 Å². The molecule has 1 amide bonds. The van der Waals surface area contributed by atoms with Crippen LogP contribution in [0.25, 0.3) is 22.3 Å². The largest absolute Gasteiger partial charge is 0.353 e. The number of anilines is 1. The van der Waals surface area contributed by atoms with E-state index in [-0.39, 0.29) is 11.9 Å². The van der Waals surface area contributed by atoms with E-state index in [1.165, 1.54) is 0 Å². The molecule has 0 bridgehead atoms. The van der Waals surface area contributed by atoms with Crippen molar-refractivity contribution in [2.75, 3.05) is 18.0 Å². The Morgan fingerprint density at radius 3 is 2.93 bits per heavy atom. The van der Waals surface area contributed by atoms with E-state index in [2.05, 4.69) is 48.6 Å². The molecule has 1 saturated heterocycles. The lowest BCUT2D eigenvalue weighted by Gasteiger charge is -2.16. The molecule has 1 unspecified atom stereocenters. The summed E-state index contributed by atoms with van der Waals surface area (Å²) in [6.07, 6.45) is 2.53. The van der Waals surface area contributed by atoms with Crippen LogP contribution in [0.3, 0.4) is 0 Å². The van der Waals surface area contributed by atoms with Crippen molar-refractivity contribution in [3.05, 3.63) is 66.5 Å². The van der Waals surface area contributed by atoms with Gasteiger partial charge in [-0.2, -0.15) is 5.10 Å². The average Bonchev–Trinajstić information content (AvgIpc) is 3.48. The number of hydrogen-bond donors (Lipinski definition) is 3. The van der Waals surface area contributed by atoms with Gasteiger partial charge in [-0.25, -0.2) is 4.98 Å². The Balaban J connectivity index is 1.24. The Morgan fingerprint density at radius 2 is 2.04 bits per heavy atom. The molecule has 0 spiro atoms. The van der Waals surface area contributed by atoms with Gasteiger partial charge in [0.1, 0.15) is 0 Å². The van der Waals surface area contributed by atoms with Gasteiger partial charge in [-0.05, 0) is 30.2 Å². The summed E-state index contributed by atoms with van der Waals surface area (Å²) in [5.41, 5.74) is 4.47. The van der Waals surface area contributed by atoms with Crippen molar-refractivity contribution >= 4 is 22.8 Å². The van der Waals surface area contributed by atoms with E-state index in [1.54, 1.807) is 6.33 Å². The number of nitrogens with one attached hydrogen (secondary N) is 3. The zero-order valence-corrected chi connectivity index (χ0v) is 15.2. The first-order valence-electron chi connectivity index (χ1n) is 9.36. The van der Waals surface area contributed by atoms with Gasteiger partial charge >= 0.3 is 0 Å². The van der Waals surface area contributed by atoms with E-state index < -0.39 is 0 Å². The number of H-pyrrole nitrogens is 2. The summed E-state index contributed by atoms with van der Waals surface area (Å²) < 4.78 is 0. The van der Waals surface area contributed by atoms with Crippen LogP contribution in [0.2, 0.25) is 0 Å². The maximum absolute atomic E-state index is 12.6. The zero-order chi connectivity index (χ0) is 18.9. The van der Waals surface area contributed by atoms with Crippen molar-refractivity contribution in [3.63, 3.8) is 0 Å². The minimum absolute atomic E-state index is 0.0599. The van der Waals surface area contributed by atoms with Gasteiger partial charge < -0.3 is 15.2 Å². The normalized spacial score (nSPS) is 16.6. The second-order valence-corrected chi connectivity index (χ2v) is 7.05. The lowest BCUT2D eigenvalue weighted by molar-refractivity contribution is 0.0940. The van der Waals surface area contributed by atoms with Gasteiger partial charge in [0.15, 0.2) is 5.82 Å². The van der Waals surface area contributed by atoms with Crippen molar-refractivity contribution < 1.29 is 4.79 Å². The Morgan fingerprint density at radius 1 is 1.14 bits per heavy atom. The predicted octanol–water partition coefficient (Wildman–Crippen LogP) is 2.96. The molecule has 7 nitrogen and oxygen atoms in total. The molecule has 0 saturated carbocycles. The van der Waals surface area contributed by atoms with Crippen LogP contribution in [-0.4, -0.2) is 45.2 Å². The van der Waals surface area contributed by atoms with Gasteiger partial charge in [0.25, 0.3) is 5.91 Å². The summed E-state index contributed by atoms with van der Waals surface area (Å²) in [5, 5.41) is 10.7. The molecular weight excluding hydrogens is 352 g/mol. The number of aromatic nitrogens is 4. The predicted molar refractivity (Wildman–Crippen MR) is 108 cm³/mol. The molecule has 3 N–H and O–H groups in total. The number of fused-ring (bicyclic) bond motifs is 1. The van der Waals surface area contributed by atoms with Gasteiger partial charge in [-0.15, -0.1) is 0 Å². The number of hydrogen-bond acceptors (Lipinski definition) is 4. The van der Waals surface area contributed by atoms with Crippen LogP contribution in [0.4, 0.5) is 5.82 Å². The van der Waals surface area contributed by atoms with Crippen LogP contribution in [0.1, 0.15) is 16.8 Å². The molecule has 1 fully saturated rings. The highest BCUT2D eigenvalue weighted by molar-refractivity contribution is 5.97. The molecule has 3 heterocycles. The second-order valence-electron chi connectivity index (χ2n) is 7.05. The lowest BCUT2D eigenvalue weighted by atomic mass is 10.1. The summed E-state index contributed by atoms with van der Waals surface area (Å²) in [6, 6.07) is 17.8. The van der Waals surface area contributed by atoms with Crippen LogP contribution in [-0.2, 0) is 0 Å². The van der Waals surface area contributed by atoms with Gasteiger partial charge in [0.2, 0.25) is 0 Å². The number of benzene rings is 2. The van der Waals surface area contributed by atoms with E-state index in [4.69, 9.17) is 0 Å². The van der Waals surface area contributed by atoms with Crippen LogP contribution >= 0.6 is 0 Å². The number of carbonyl (C=O) groups excluding carboxylic acids is 1. The molecule has 1 atom stereocenters. The zero-order valence-electron chi connectivity index (χ0n) is 15.2. The summed E-state index contributed by atoms with van der Waals surface area (Å²) in [5.74, 6) is 0.852. The Kier molecular flexibility index (Phi) is 4.05. The van der Waals surface area contributed by atoms with Crippen LogP contribution in [0.5, 0.6) is 0 Å². The van der Waals surface area contributed by atoms with E-state index in [0.717, 1.165) is 47.6 Å². The minimum atomic E-state index is -0.0599. The molecular formula is C21H20N6O. The van der Waals surface area contributed by atoms with Gasteiger partial charge in [-0.1, -0.05) is 30.3 Å². The Hall–Kier alpha value is -3.61. The molecule has 0 aliphatic carbocycles. The fraction of sp³-hybridized carbons (Fsp3) is 0.190. The highest BCUT2D eigenvalue weighted by Gasteiger charge is 2.26. The van der Waals surface area contributed by atoms with Crippen LogP contribution in [0, 0.1) is 0 Å². The van der Waals surface area contributed by atoms with E-state index in [1.807, 2.05) is 36.4 Å². The van der Waals surface area contributed by atoms with Crippen molar-refractivity contribution in [2.24, 2.45) is 0 Å². The highest BCUT2D eigenvalue weighted by atomic mass is 16.1. The quantitative estimate of drug-likeness (QED) is 0.514. The minimum Gasteiger partial charge on any atom is -0.353 e. The number of imidazole rings is 1. The van der Waals surface area contributed by atoms with Crippen molar-refractivity contribution in [3.8, 4) is 11.3 Å². The maximum atomic E-state index is 12.6. The summed E-state index contributed by atoms with van der Waals surface area (Å²) in [4.78, 5) is 22.0. The summed E-state index contributed by atoms with van der Waals surface area (Å²) in [7, 11) is 0. The number of nitrogens with zero attached hydrogens (tertiary/aromatic N) is 3. The number of aromatic amines is 2. The molecule has 4 aromatic rings. The van der Waals surface area contributed by atoms with E-state index in [9.17, 15) is 4.79 Å². The van der Waals surface area contributed by atoms with Crippen LogP contribution in [0.15, 0.2) is 60.9 Å². The topological polar surface area (TPSA) is 89.7 Å². The molecule has 2 aromatic carbocycles. The molecule has 5 rings (SSSR count). The second kappa shape index (κ2) is 6.84. The van der Waals surface area contributed by atoms with Crippen molar-refractivity contribution in [2.45, 2.75) is 12.5 Å². The van der Waals surface area contributed by atoms with Crippen molar-refractivity contribution in [1.29, 1.82) is 0 Å². The first-order chi connectivity index (χ1) is 13.8. The Labute approximate surface area is 161 Å². The average molecular weight is 372 g/mol. The van der Waals surface area contributed by atoms with Gasteiger partial charge in [0.05, 0.1) is 23.1 Å². The third-order valence-electron chi connectivity index (χ3n) is 5.18. The van der Waals surface area contributed by atoms with Crippen LogP contribution < -0.4 is 10.2 Å². The molecule has 140 valence electrons. The monoisotopic (exact) mass is 372 g/mol. The Bertz CT molecular complexity index is 1120. The molecule has 1 aliphatic heterocycles. The summed E-state index contributed by atoms with van der Waals surface area (Å²) in [6.45, 7) is 1.61. The third kappa shape index (κ3) is 3.11. The smallest absolute Gasteiger partial charge is 0.251 e. The number of rotatable bonds is 4. The molecule has 7 heteroatoms. The van der Waals surface area contributed by atoms with Crippen molar-refractivity contribution in [1.82, 2.24) is 25.5 Å². The standard InChI is InChI=1S/C21H20N6O/c28-21(15-6-7-17-19(10-15)23-13-22-17)24-16-8-9-27(12-16)20-11-18(25-26-20)14-4-2-1-3-5-14/h1-7,10-11,13,16H,8-9,12H2,(H,22,23)(H,24,28)(H,25,26). The van der Waals surface area contributed by atoms with Gasteiger partial charge in [0, 0.05) is 30.8 Å². The number of amides is 1. The molecule has 0 radical (unpaired) electrons. The first-order valence-corrected chi connectivity index (χ1v) is 9.36. The maximum Gasteiger partial charge on any atom is 0.251 e. The number of carbonyl (C=O) groups is 1. The molecule has 28 heavy (non-hydrogen) atoms. The SMILES string of the molecule is O=C(NC1CCN(c2cc(-c3ccccc3)[nH]n2)C1)c1ccc2nc[nH]c2c1. The summed E-state index contributed by atoms with van der Waals surface area (Å²) >= 11 is 0.